The molecule has 110 valence electrons. The Labute approximate surface area is 122 Å². The number of hydrogen-bond acceptors (Lipinski definition) is 4. The van der Waals surface area contributed by atoms with Gasteiger partial charge in [-0.1, -0.05) is 12.1 Å². The number of halogens is 1. The zero-order chi connectivity index (χ0) is 14.8. The van der Waals surface area contributed by atoms with Crippen LogP contribution in [0.3, 0.4) is 0 Å². The minimum absolute atomic E-state index is 0.0924. The zero-order valence-corrected chi connectivity index (χ0v) is 11.9. The Morgan fingerprint density at radius 2 is 1.70 bits per heavy atom. The Balaban J connectivity index is 2.24. The van der Waals surface area contributed by atoms with Gasteiger partial charge in [0.2, 0.25) is 5.91 Å². The number of alkyl halides is 1. The zero-order valence-electron chi connectivity index (χ0n) is 11.1. The maximum absolute atomic E-state index is 11.5. The van der Waals surface area contributed by atoms with Gasteiger partial charge >= 0.3 is 0 Å². The SMILES string of the molecule is COc1ccccc1OCC(=O)NCCNC(=O)CCl. The third kappa shape index (κ3) is 5.79. The molecule has 1 rings (SSSR count). The first-order chi connectivity index (χ1) is 9.67. The van der Waals surface area contributed by atoms with Gasteiger partial charge in [0.15, 0.2) is 18.1 Å². The number of rotatable bonds is 8. The minimum atomic E-state index is -0.281. The van der Waals surface area contributed by atoms with Crippen molar-refractivity contribution in [2.24, 2.45) is 0 Å². The van der Waals surface area contributed by atoms with Crippen molar-refractivity contribution in [2.75, 3.05) is 32.7 Å². The van der Waals surface area contributed by atoms with Gasteiger partial charge in [-0.2, -0.15) is 0 Å². The highest BCUT2D eigenvalue weighted by Crippen LogP contribution is 2.25. The number of ether oxygens (including phenoxy) is 2. The molecule has 0 aromatic heterocycles. The number of carbonyl (C=O) groups excluding carboxylic acids is 2. The van der Waals surface area contributed by atoms with E-state index in [9.17, 15) is 9.59 Å². The molecular formula is C13H17ClN2O4. The van der Waals surface area contributed by atoms with E-state index in [0.29, 0.717) is 24.6 Å². The molecule has 0 atom stereocenters. The highest BCUT2D eigenvalue weighted by atomic mass is 35.5. The van der Waals surface area contributed by atoms with Gasteiger partial charge < -0.3 is 20.1 Å². The standard InChI is InChI=1S/C13H17ClN2O4/c1-19-10-4-2-3-5-11(10)20-9-13(18)16-7-6-15-12(17)8-14/h2-5H,6-9H2,1H3,(H,15,17)(H,16,18). The van der Waals surface area contributed by atoms with Crippen molar-refractivity contribution in [3.8, 4) is 11.5 Å². The van der Waals surface area contributed by atoms with E-state index in [4.69, 9.17) is 21.1 Å². The monoisotopic (exact) mass is 300 g/mol. The molecule has 0 aliphatic carbocycles. The van der Waals surface area contributed by atoms with Gasteiger partial charge in [0.05, 0.1) is 7.11 Å². The van der Waals surface area contributed by atoms with Crippen LogP contribution in [-0.4, -0.2) is 44.5 Å². The normalized spacial score (nSPS) is 9.70. The molecular weight excluding hydrogens is 284 g/mol. The lowest BCUT2D eigenvalue weighted by atomic mass is 10.3. The molecule has 7 heteroatoms. The van der Waals surface area contributed by atoms with Gasteiger partial charge in [-0.3, -0.25) is 9.59 Å². The Morgan fingerprint density at radius 3 is 2.30 bits per heavy atom. The summed E-state index contributed by atoms with van der Waals surface area (Å²) in [6.07, 6.45) is 0. The molecule has 0 aliphatic heterocycles. The van der Waals surface area contributed by atoms with Crippen molar-refractivity contribution < 1.29 is 19.1 Å². The van der Waals surface area contributed by atoms with Crippen LogP contribution in [0.5, 0.6) is 11.5 Å². The van der Waals surface area contributed by atoms with E-state index in [2.05, 4.69) is 10.6 Å². The van der Waals surface area contributed by atoms with Gasteiger partial charge in [-0.25, -0.2) is 0 Å². The molecule has 0 radical (unpaired) electrons. The first-order valence-electron chi connectivity index (χ1n) is 6.02. The largest absolute Gasteiger partial charge is 0.493 e. The van der Waals surface area contributed by atoms with Crippen LogP contribution in [0.25, 0.3) is 0 Å². The summed E-state index contributed by atoms with van der Waals surface area (Å²) in [4.78, 5) is 22.4. The molecule has 0 saturated heterocycles. The topological polar surface area (TPSA) is 76.7 Å². The van der Waals surface area contributed by atoms with Crippen molar-refractivity contribution in [3.05, 3.63) is 24.3 Å². The first-order valence-corrected chi connectivity index (χ1v) is 6.56. The summed E-state index contributed by atoms with van der Waals surface area (Å²) in [6, 6.07) is 7.06. The van der Waals surface area contributed by atoms with E-state index in [1.54, 1.807) is 18.2 Å². The lowest BCUT2D eigenvalue weighted by molar-refractivity contribution is -0.123. The van der Waals surface area contributed by atoms with Crippen molar-refractivity contribution in [1.82, 2.24) is 10.6 Å². The summed E-state index contributed by atoms with van der Waals surface area (Å²) in [7, 11) is 1.53. The van der Waals surface area contributed by atoms with Gasteiger partial charge in [0.25, 0.3) is 5.91 Å². The molecule has 2 amide bonds. The predicted molar refractivity (Wildman–Crippen MR) is 75.2 cm³/mol. The molecule has 2 N–H and O–H groups in total. The lowest BCUT2D eigenvalue weighted by Crippen LogP contribution is -2.37. The van der Waals surface area contributed by atoms with Crippen LogP contribution < -0.4 is 20.1 Å². The second-order valence-electron chi connectivity index (χ2n) is 3.77. The van der Waals surface area contributed by atoms with E-state index in [0.717, 1.165) is 0 Å². The molecule has 0 spiro atoms. The molecule has 1 aromatic rings. The fourth-order valence-corrected chi connectivity index (χ4v) is 1.48. The van der Waals surface area contributed by atoms with Crippen LogP contribution in [0.1, 0.15) is 0 Å². The van der Waals surface area contributed by atoms with Crippen molar-refractivity contribution in [1.29, 1.82) is 0 Å². The quantitative estimate of drug-likeness (QED) is 0.543. The number of hydrogen-bond donors (Lipinski definition) is 2. The van der Waals surface area contributed by atoms with E-state index < -0.39 is 0 Å². The second-order valence-corrected chi connectivity index (χ2v) is 4.04. The molecule has 0 aliphatic rings. The molecule has 20 heavy (non-hydrogen) atoms. The second kappa shape index (κ2) is 9.03. The summed E-state index contributed by atoms with van der Waals surface area (Å²) >= 11 is 5.31. The van der Waals surface area contributed by atoms with Crippen molar-refractivity contribution >= 4 is 23.4 Å². The summed E-state index contributed by atoms with van der Waals surface area (Å²) in [5.74, 6) is 0.419. The van der Waals surface area contributed by atoms with Crippen LogP contribution in [0.15, 0.2) is 24.3 Å². The Bertz CT molecular complexity index is 454. The van der Waals surface area contributed by atoms with Gasteiger partial charge in [0, 0.05) is 13.1 Å². The fraction of sp³-hybridized carbons (Fsp3) is 0.385. The van der Waals surface area contributed by atoms with Crippen LogP contribution in [0.4, 0.5) is 0 Å². The molecule has 6 nitrogen and oxygen atoms in total. The predicted octanol–water partition coefficient (Wildman–Crippen LogP) is 0.545. The Hall–Kier alpha value is -1.95. The maximum atomic E-state index is 11.5. The molecule has 1 aromatic carbocycles. The van der Waals surface area contributed by atoms with Crippen LogP contribution >= 0.6 is 11.6 Å². The van der Waals surface area contributed by atoms with Gasteiger partial charge in [-0.15, -0.1) is 11.6 Å². The number of benzene rings is 1. The summed E-state index contributed by atoms with van der Waals surface area (Å²) in [5.41, 5.74) is 0. The fourth-order valence-electron chi connectivity index (χ4n) is 1.38. The molecule has 0 bridgehead atoms. The Kier molecular flexibility index (Phi) is 7.27. The van der Waals surface area contributed by atoms with E-state index >= 15 is 0 Å². The van der Waals surface area contributed by atoms with Crippen molar-refractivity contribution in [3.63, 3.8) is 0 Å². The average Bonchev–Trinajstić information content (AvgIpc) is 2.49. The van der Waals surface area contributed by atoms with Gasteiger partial charge in [0.1, 0.15) is 5.88 Å². The number of methoxy groups -OCH3 is 1. The highest BCUT2D eigenvalue weighted by molar-refractivity contribution is 6.27. The lowest BCUT2D eigenvalue weighted by Gasteiger charge is -2.10. The number of carbonyl (C=O) groups is 2. The first kappa shape index (κ1) is 16.1. The van der Waals surface area contributed by atoms with E-state index in [1.165, 1.54) is 7.11 Å². The number of amides is 2. The van der Waals surface area contributed by atoms with Crippen LogP contribution in [0, 0.1) is 0 Å². The number of para-hydroxylation sites is 2. The highest BCUT2D eigenvalue weighted by Gasteiger charge is 2.06. The third-order valence-electron chi connectivity index (χ3n) is 2.32. The summed E-state index contributed by atoms with van der Waals surface area (Å²) in [5, 5.41) is 5.14. The van der Waals surface area contributed by atoms with Crippen LogP contribution in [-0.2, 0) is 9.59 Å². The van der Waals surface area contributed by atoms with E-state index in [1.807, 2.05) is 6.07 Å². The third-order valence-corrected chi connectivity index (χ3v) is 2.56. The average molecular weight is 301 g/mol. The smallest absolute Gasteiger partial charge is 0.258 e. The molecule has 0 heterocycles. The molecule has 0 fully saturated rings. The van der Waals surface area contributed by atoms with Crippen LogP contribution in [0.2, 0.25) is 0 Å². The van der Waals surface area contributed by atoms with Gasteiger partial charge in [-0.05, 0) is 12.1 Å². The summed E-state index contributed by atoms with van der Waals surface area (Å²) in [6.45, 7) is 0.520. The van der Waals surface area contributed by atoms with E-state index in [-0.39, 0.29) is 24.3 Å². The molecule has 0 saturated carbocycles. The minimum Gasteiger partial charge on any atom is -0.493 e. The number of nitrogens with one attached hydrogen (secondary N) is 2. The van der Waals surface area contributed by atoms with Crippen molar-refractivity contribution in [2.45, 2.75) is 0 Å². The Morgan fingerprint density at radius 1 is 1.10 bits per heavy atom. The maximum Gasteiger partial charge on any atom is 0.258 e. The molecule has 0 unspecified atom stereocenters. The summed E-state index contributed by atoms with van der Waals surface area (Å²) < 4.78 is 10.4.